The highest BCUT2D eigenvalue weighted by Crippen LogP contribution is 2.30. The molecule has 0 saturated carbocycles. The quantitative estimate of drug-likeness (QED) is 0.725. The predicted molar refractivity (Wildman–Crippen MR) is 121 cm³/mol. The van der Waals surface area contributed by atoms with Crippen molar-refractivity contribution in [1.82, 2.24) is 10.2 Å². The van der Waals surface area contributed by atoms with Crippen LogP contribution in [0, 0.1) is 5.92 Å². The first-order chi connectivity index (χ1) is 15.1. The molecule has 8 nitrogen and oxygen atoms in total. The molecule has 2 aromatic rings. The Hall–Kier alpha value is -2.72. The highest BCUT2D eigenvalue weighted by Gasteiger charge is 2.35. The van der Waals surface area contributed by atoms with Gasteiger partial charge in [0.1, 0.15) is 4.90 Å². The third-order valence-corrected chi connectivity index (χ3v) is 8.32. The minimum Gasteiger partial charge on any atom is -0.355 e. The minimum absolute atomic E-state index is 0.121. The number of likely N-dealkylation sites (tertiary alicyclic amines) is 1. The van der Waals surface area contributed by atoms with Crippen LogP contribution in [0.5, 0.6) is 0 Å². The number of hydrogen-bond donors (Lipinski definition) is 1. The maximum absolute atomic E-state index is 12.9. The topological polar surface area (TPSA) is 113 Å². The van der Waals surface area contributed by atoms with Gasteiger partial charge in [-0.3, -0.25) is 4.79 Å². The van der Waals surface area contributed by atoms with Crippen molar-refractivity contribution in [1.29, 1.82) is 0 Å². The fourth-order valence-electron chi connectivity index (χ4n) is 4.12. The normalized spacial score (nSPS) is 20.9. The monoisotopic (exact) mass is 475 g/mol. The van der Waals surface area contributed by atoms with Crippen molar-refractivity contribution in [3.8, 4) is 0 Å². The van der Waals surface area contributed by atoms with Crippen LogP contribution in [0.4, 0.5) is 0 Å². The van der Waals surface area contributed by atoms with Crippen molar-refractivity contribution < 1.29 is 21.6 Å². The summed E-state index contributed by atoms with van der Waals surface area (Å²) in [4.78, 5) is 15.3. The second kappa shape index (κ2) is 8.32. The SMILES string of the molecule is C[C@@H](NC(=O)[C@@H]1CCCN(C2=NS(=O)(=O)c3ccccc32)C1)c1ccc(S(C)(=O)=O)cc1. The van der Waals surface area contributed by atoms with Crippen LogP contribution in [0.2, 0.25) is 0 Å². The maximum Gasteiger partial charge on any atom is 0.285 e. The van der Waals surface area contributed by atoms with Crippen molar-refractivity contribution >= 4 is 31.6 Å². The summed E-state index contributed by atoms with van der Waals surface area (Å²) < 4.78 is 52.0. The Morgan fingerprint density at radius 2 is 1.84 bits per heavy atom. The molecule has 0 aliphatic carbocycles. The van der Waals surface area contributed by atoms with Crippen molar-refractivity contribution in [2.75, 3.05) is 19.3 Å². The molecule has 32 heavy (non-hydrogen) atoms. The lowest BCUT2D eigenvalue weighted by Gasteiger charge is -2.34. The molecule has 0 radical (unpaired) electrons. The van der Waals surface area contributed by atoms with Gasteiger partial charge in [-0.05, 0) is 49.6 Å². The number of rotatable bonds is 4. The number of amidine groups is 1. The second-order valence-electron chi connectivity index (χ2n) is 8.24. The number of carbonyl (C=O) groups excluding carboxylic acids is 1. The number of fused-ring (bicyclic) bond motifs is 1. The van der Waals surface area contributed by atoms with Gasteiger partial charge in [-0.1, -0.05) is 24.3 Å². The van der Waals surface area contributed by atoms with E-state index >= 15 is 0 Å². The molecule has 170 valence electrons. The zero-order valence-electron chi connectivity index (χ0n) is 17.9. The highest BCUT2D eigenvalue weighted by atomic mass is 32.2. The van der Waals surface area contributed by atoms with Gasteiger partial charge in [0.05, 0.1) is 16.9 Å². The molecular formula is C22H25N3O5S2. The molecule has 0 spiro atoms. The van der Waals surface area contributed by atoms with E-state index in [1.165, 1.54) is 12.1 Å². The molecular weight excluding hydrogens is 450 g/mol. The lowest BCUT2D eigenvalue weighted by Crippen LogP contribution is -2.45. The lowest BCUT2D eigenvalue weighted by molar-refractivity contribution is -0.126. The number of amides is 1. The van der Waals surface area contributed by atoms with Gasteiger partial charge in [-0.2, -0.15) is 8.42 Å². The summed E-state index contributed by atoms with van der Waals surface area (Å²) in [6.07, 6.45) is 2.60. The number of nitrogens with zero attached hydrogens (tertiary/aromatic N) is 2. The zero-order chi connectivity index (χ0) is 23.1. The van der Waals surface area contributed by atoms with Gasteiger partial charge in [-0.15, -0.1) is 4.40 Å². The van der Waals surface area contributed by atoms with E-state index in [0.717, 1.165) is 18.2 Å². The summed E-state index contributed by atoms with van der Waals surface area (Å²) in [6.45, 7) is 2.86. The molecule has 1 amide bonds. The van der Waals surface area contributed by atoms with E-state index in [1.54, 1.807) is 36.4 Å². The first-order valence-corrected chi connectivity index (χ1v) is 13.7. The fraction of sp³-hybridized carbons (Fsp3) is 0.364. The smallest absolute Gasteiger partial charge is 0.285 e. The first kappa shape index (κ1) is 22.5. The zero-order valence-corrected chi connectivity index (χ0v) is 19.5. The Bertz CT molecular complexity index is 1290. The first-order valence-electron chi connectivity index (χ1n) is 10.4. The number of nitrogens with one attached hydrogen (secondary N) is 1. The highest BCUT2D eigenvalue weighted by molar-refractivity contribution is 7.91. The molecule has 2 aliphatic heterocycles. The molecule has 1 fully saturated rings. The molecule has 0 bridgehead atoms. The number of benzene rings is 2. The average Bonchev–Trinajstić information content (AvgIpc) is 3.04. The third-order valence-electron chi connectivity index (χ3n) is 5.87. The van der Waals surface area contributed by atoms with E-state index in [-0.39, 0.29) is 27.7 Å². The molecule has 0 unspecified atom stereocenters. The van der Waals surface area contributed by atoms with E-state index in [0.29, 0.717) is 30.9 Å². The van der Waals surface area contributed by atoms with Crippen molar-refractivity contribution in [2.24, 2.45) is 10.3 Å². The van der Waals surface area contributed by atoms with Crippen LogP contribution in [0.15, 0.2) is 62.7 Å². The van der Waals surface area contributed by atoms with E-state index in [4.69, 9.17) is 0 Å². The summed E-state index contributed by atoms with van der Waals surface area (Å²) in [7, 11) is -6.98. The Balaban J connectivity index is 1.45. The second-order valence-corrected chi connectivity index (χ2v) is 11.8. The summed E-state index contributed by atoms with van der Waals surface area (Å²) in [5.41, 5.74) is 1.38. The standard InChI is InChI=1S/C22H25N3O5S2/c1-15(16-9-11-18(12-10-16)31(2,27)28)23-22(26)17-6-5-13-25(14-17)21-19-7-3-4-8-20(19)32(29,30)24-21/h3-4,7-12,15,17H,5-6,13-14H2,1-2H3,(H,23,26)/t15-,17-/m1/s1. The molecule has 0 aromatic heterocycles. The summed E-state index contributed by atoms with van der Waals surface area (Å²) in [5, 5.41) is 3.00. The Kier molecular flexibility index (Phi) is 5.85. The molecule has 2 heterocycles. The van der Waals surface area contributed by atoms with Crippen LogP contribution in [0.1, 0.15) is 36.9 Å². The Morgan fingerprint density at radius 3 is 2.53 bits per heavy atom. The van der Waals surface area contributed by atoms with Gasteiger partial charge in [-0.25, -0.2) is 8.42 Å². The molecule has 2 aromatic carbocycles. The van der Waals surface area contributed by atoms with Crippen LogP contribution in [0.3, 0.4) is 0 Å². The lowest BCUT2D eigenvalue weighted by atomic mass is 9.95. The molecule has 1 saturated heterocycles. The van der Waals surface area contributed by atoms with Gasteiger partial charge in [0.2, 0.25) is 5.91 Å². The van der Waals surface area contributed by atoms with Gasteiger partial charge in [0, 0.05) is 24.9 Å². The summed E-state index contributed by atoms with van der Waals surface area (Å²) in [6, 6.07) is 12.9. The number of piperidine rings is 1. The molecule has 2 atom stereocenters. The third kappa shape index (κ3) is 4.42. The van der Waals surface area contributed by atoms with Crippen LogP contribution in [-0.2, 0) is 24.7 Å². The number of sulfonamides is 1. The molecule has 2 aliphatic rings. The van der Waals surface area contributed by atoms with E-state index in [1.807, 2.05) is 11.8 Å². The van der Waals surface area contributed by atoms with Crippen molar-refractivity contribution in [3.05, 3.63) is 59.7 Å². The van der Waals surface area contributed by atoms with Gasteiger partial charge in [0.15, 0.2) is 15.7 Å². The molecule has 10 heteroatoms. The number of hydrogen-bond acceptors (Lipinski definition) is 6. The van der Waals surface area contributed by atoms with Gasteiger partial charge >= 0.3 is 0 Å². The summed E-state index contributed by atoms with van der Waals surface area (Å²) in [5.74, 6) is -0.0219. The van der Waals surface area contributed by atoms with Crippen LogP contribution in [0.25, 0.3) is 0 Å². The number of sulfone groups is 1. The van der Waals surface area contributed by atoms with E-state index < -0.39 is 19.9 Å². The average molecular weight is 476 g/mol. The summed E-state index contributed by atoms with van der Waals surface area (Å²) >= 11 is 0. The Labute approximate surface area is 188 Å². The van der Waals surface area contributed by atoms with Crippen molar-refractivity contribution in [3.63, 3.8) is 0 Å². The largest absolute Gasteiger partial charge is 0.355 e. The van der Waals surface area contributed by atoms with Crippen LogP contribution >= 0.6 is 0 Å². The van der Waals surface area contributed by atoms with Crippen molar-refractivity contribution in [2.45, 2.75) is 35.6 Å². The van der Waals surface area contributed by atoms with E-state index in [9.17, 15) is 21.6 Å². The maximum atomic E-state index is 12.9. The Morgan fingerprint density at radius 1 is 1.16 bits per heavy atom. The van der Waals surface area contributed by atoms with E-state index in [2.05, 4.69) is 9.71 Å². The fourth-order valence-corrected chi connectivity index (χ4v) is 5.98. The van der Waals surface area contributed by atoms with Gasteiger partial charge < -0.3 is 10.2 Å². The number of carbonyl (C=O) groups is 1. The van der Waals surface area contributed by atoms with Crippen LogP contribution < -0.4 is 5.32 Å². The predicted octanol–water partition coefficient (Wildman–Crippen LogP) is 2.13. The molecule has 1 N–H and O–H groups in total. The van der Waals surface area contributed by atoms with Gasteiger partial charge in [0.25, 0.3) is 10.0 Å². The molecule has 4 rings (SSSR count). The minimum atomic E-state index is -3.71. The van der Waals surface area contributed by atoms with Crippen LogP contribution in [-0.4, -0.2) is 52.8 Å².